The Balaban J connectivity index is 2.79. The molecule has 1 rings (SSSR count). The molecule has 1 atom stereocenters. The minimum absolute atomic E-state index is 0.0246. The third-order valence-electron chi connectivity index (χ3n) is 2.92. The van der Waals surface area contributed by atoms with Gasteiger partial charge in [0.15, 0.2) is 11.5 Å². The molecule has 0 aromatic heterocycles. The maximum absolute atomic E-state index is 11.7. The second-order valence-electron chi connectivity index (χ2n) is 4.65. The summed E-state index contributed by atoms with van der Waals surface area (Å²) in [5.41, 5.74) is 0.922. The third kappa shape index (κ3) is 4.02. The first-order valence-electron chi connectivity index (χ1n) is 6.25. The monoisotopic (exact) mass is 300 g/mol. The topological polar surface area (TPSA) is 50.8 Å². The Bertz CT molecular complexity index is 478. The van der Waals surface area contributed by atoms with Crippen LogP contribution in [0.25, 0.3) is 0 Å². The SMILES string of the molecule is COc1cc(CNC(C)C(=O)N(C)C)cc(Cl)c1OC. The summed E-state index contributed by atoms with van der Waals surface area (Å²) in [6.45, 7) is 2.34. The average molecular weight is 301 g/mol. The van der Waals surface area contributed by atoms with Crippen LogP contribution >= 0.6 is 11.6 Å². The number of nitrogens with one attached hydrogen (secondary N) is 1. The van der Waals surface area contributed by atoms with Crippen molar-refractivity contribution in [2.75, 3.05) is 28.3 Å². The van der Waals surface area contributed by atoms with Crippen LogP contribution in [0.3, 0.4) is 0 Å². The molecule has 0 spiro atoms. The van der Waals surface area contributed by atoms with Crippen LogP contribution in [-0.4, -0.2) is 45.2 Å². The average Bonchev–Trinajstić information content (AvgIpc) is 2.42. The van der Waals surface area contributed by atoms with E-state index < -0.39 is 0 Å². The van der Waals surface area contributed by atoms with Crippen LogP contribution in [-0.2, 0) is 11.3 Å². The molecule has 0 heterocycles. The summed E-state index contributed by atoms with van der Waals surface area (Å²) in [4.78, 5) is 13.3. The molecule has 1 N–H and O–H groups in total. The van der Waals surface area contributed by atoms with Gasteiger partial charge in [-0.15, -0.1) is 0 Å². The molecular weight excluding hydrogens is 280 g/mol. The normalized spacial score (nSPS) is 11.9. The van der Waals surface area contributed by atoms with Gasteiger partial charge in [-0.3, -0.25) is 4.79 Å². The van der Waals surface area contributed by atoms with Gasteiger partial charge in [-0.2, -0.15) is 0 Å². The van der Waals surface area contributed by atoms with Crippen LogP contribution in [0.4, 0.5) is 0 Å². The van der Waals surface area contributed by atoms with E-state index in [1.807, 2.05) is 13.0 Å². The first kappa shape index (κ1) is 16.6. The summed E-state index contributed by atoms with van der Waals surface area (Å²) in [7, 11) is 6.56. The zero-order valence-electron chi connectivity index (χ0n) is 12.5. The van der Waals surface area contributed by atoms with Gasteiger partial charge in [0.1, 0.15) is 0 Å². The number of hydrogen-bond acceptors (Lipinski definition) is 4. The largest absolute Gasteiger partial charge is 0.493 e. The zero-order valence-corrected chi connectivity index (χ0v) is 13.2. The molecule has 0 radical (unpaired) electrons. The summed E-state index contributed by atoms with van der Waals surface area (Å²) in [5, 5.41) is 3.63. The van der Waals surface area contributed by atoms with Crippen molar-refractivity contribution in [2.24, 2.45) is 0 Å². The number of rotatable bonds is 6. The maximum atomic E-state index is 11.7. The lowest BCUT2D eigenvalue weighted by atomic mass is 10.2. The van der Waals surface area contributed by atoms with Gasteiger partial charge in [0.2, 0.25) is 5.91 Å². The number of methoxy groups -OCH3 is 2. The van der Waals surface area contributed by atoms with Crippen LogP contribution in [0.15, 0.2) is 12.1 Å². The number of hydrogen-bond donors (Lipinski definition) is 1. The lowest BCUT2D eigenvalue weighted by molar-refractivity contribution is -0.130. The highest BCUT2D eigenvalue weighted by molar-refractivity contribution is 6.32. The molecule has 0 aliphatic rings. The Morgan fingerprint density at radius 2 is 2.00 bits per heavy atom. The highest BCUT2D eigenvalue weighted by Crippen LogP contribution is 2.35. The molecule has 0 aliphatic carbocycles. The number of halogens is 1. The standard InChI is InChI=1S/C14H21ClN2O3/c1-9(14(18)17(2)3)16-8-10-6-11(15)13(20-5)12(7-10)19-4/h6-7,9,16H,8H2,1-5H3. The van der Waals surface area contributed by atoms with E-state index in [9.17, 15) is 4.79 Å². The molecule has 1 aromatic carbocycles. The van der Waals surface area contributed by atoms with E-state index in [2.05, 4.69) is 5.32 Å². The lowest BCUT2D eigenvalue weighted by Crippen LogP contribution is -2.41. The van der Waals surface area contributed by atoms with Crippen molar-refractivity contribution in [3.63, 3.8) is 0 Å². The fourth-order valence-corrected chi connectivity index (χ4v) is 2.13. The lowest BCUT2D eigenvalue weighted by Gasteiger charge is -2.18. The van der Waals surface area contributed by atoms with Crippen molar-refractivity contribution in [1.82, 2.24) is 10.2 Å². The Morgan fingerprint density at radius 1 is 1.35 bits per heavy atom. The molecule has 1 unspecified atom stereocenters. The number of carbonyl (C=O) groups excluding carboxylic acids is 1. The molecule has 0 aliphatic heterocycles. The second kappa shape index (κ2) is 7.36. The van der Waals surface area contributed by atoms with Gasteiger partial charge in [0.25, 0.3) is 0 Å². The molecule has 5 nitrogen and oxygen atoms in total. The molecule has 0 bridgehead atoms. The highest BCUT2D eigenvalue weighted by Gasteiger charge is 2.15. The molecular formula is C14H21ClN2O3. The van der Waals surface area contributed by atoms with E-state index >= 15 is 0 Å². The third-order valence-corrected chi connectivity index (χ3v) is 3.20. The molecule has 1 aromatic rings. The fraction of sp³-hybridized carbons (Fsp3) is 0.500. The van der Waals surface area contributed by atoms with E-state index in [-0.39, 0.29) is 11.9 Å². The molecule has 112 valence electrons. The maximum Gasteiger partial charge on any atom is 0.238 e. The molecule has 1 amide bonds. The van der Waals surface area contributed by atoms with Crippen molar-refractivity contribution in [1.29, 1.82) is 0 Å². The van der Waals surface area contributed by atoms with Crippen molar-refractivity contribution < 1.29 is 14.3 Å². The van der Waals surface area contributed by atoms with Gasteiger partial charge >= 0.3 is 0 Å². The number of nitrogens with zero attached hydrogens (tertiary/aromatic N) is 1. The van der Waals surface area contributed by atoms with Gasteiger partial charge in [-0.05, 0) is 24.6 Å². The Morgan fingerprint density at radius 3 is 2.50 bits per heavy atom. The van der Waals surface area contributed by atoms with E-state index in [1.54, 1.807) is 39.3 Å². The fourth-order valence-electron chi connectivity index (χ4n) is 1.82. The Kier molecular flexibility index (Phi) is 6.10. The minimum Gasteiger partial charge on any atom is -0.493 e. The molecule has 20 heavy (non-hydrogen) atoms. The predicted molar refractivity (Wildman–Crippen MR) is 79.6 cm³/mol. The molecule has 6 heteroatoms. The molecule has 0 saturated heterocycles. The van der Waals surface area contributed by atoms with Gasteiger partial charge < -0.3 is 19.7 Å². The number of likely N-dealkylation sites (N-methyl/N-ethyl adjacent to an activating group) is 1. The van der Waals surface area contributed by atoms with E-state index in [1.165, 1.54) is 0 Å². The van der Waals surface area contributed by atoms with Crippen molar-refractivity contribution in [3.8, 4) is 11.5 Å². The van der Waals surface area contributed by atoms with Crippen molar-refractivity contribution >= 4 is 17.5 Å². The van der Waals surface area contributed by atoms with Crippen LogP contribution in [0.1, 0.15) is 12.5 Å². The van der Waals surface area contributed by atoms with E-state index in [0.29, 0.717) is 23.1 Å². The Labute approximate surface area is 124 Å². The quantitative estimate of drug-likeness (QED) is 0.872. The summed E-state index contributed by atoms with van der Waals surface area (Å²) < 4.78 is 10.4. The summed E-state index contributed by atoms with van der Waals surface area (Å²) >= 11 is 6.13. The molecule has 0 fully saturated rings. The van der Waals surface area contributed by atoms with Crippen molar-refractivity contribution in [3.05, 3.63) is 22.7 Å². The summed E-state index contributed by atoms with van der Waals surface area (Å²) in [5.74, 6) is 1.11. The first-order chi connectivity index (χ1) is 9.40. The first-order valence-corrected chi connectivity index (χ1v) is 6.63. The predicted octanol–water partition coefficient (Wildman–Crippen LogP) is 1.92. The number of ether oxygens (including phenoxy) is 2. The van der Waals surface area contributed by atoms with Crippen LogP contribution in [0, 0.1) is 0 Å². The highest BCUT2D eigenvalue weighted by atomic mass is 35.5. The van der Waals surface area contributed by atoms with Crippen molar-refractivity contribution in [2.45, 2.75) is 19.5 Å². The molecule has 0 saturated carbocycles. The zero-order chi connectivity index (χ0) is 15.3. The summed E-state index contributed by atoms with van der Waals surface area (Å²) in [6.07, 6.45) is 0. The summed E-state index contributed by atoms with van der Waals surface area (Å²) in [6, 6.07) is 3.37. The van der Waals surface area contributed by atoms with Crippen LogP contribution in [0.2, 0.25) is 5.02 Å². The Hall–Kier alpha value is -1.46. The number of amides is 1. The van der Waals surface area contributed by atoms with Gasteiger partial charge in [0, 0.05) is 20.6 Å². The number of carbonyl (C=O) groups is 1. The van der Waals surface area contributed by atoms with Gasteiger partial charge in [-0.1, -0.05) is 11.6 Å². The van der Waals surface area contributed by atoms with Crippen LogP contribution in [0.5, 0.6) is 11.5 Å². The smallest absolute Gasteiger partial charge is 0.238 e. The minimum atomic E-state index is -0.267. The second-order valence-corrected chi connectivity index (χ2v) is 5.06. The van der Waals surface area contributed by atoms with E-state index in [4.69, 9.17) is 21.1 Å². The van der Waals surface area contributed by atoms with E-state index in [0.717, 1.165) is 5.56 Å². The number of benzene rings is 1. The van der Waals surface area contributed by atoms with Gasteiger partial charge in [-0.25, -0.2) is 0 Å². The van der Waals surface area contributed by atoms with Gasteiger partial charge in [0.05, 0.1) is 25.3 Å². The van der Waals surface area contributed by atoms with Crippen LogP contribution < -0.4 is 14.8 Å².